The monoisotopic (exact) mass is 544 g/mol. The molecule has 3 atom stereocenters. The molecule has 1 amide bonds. The summed E-state index contributed by atoms with van der Waals surface area (Å²) < 4.78 is 37.3. The van der Waals surface area contributed by atoms with Crippen LogP contribution in [-0.2, 0) is 19.2 Å². The highest BCUT2D eigenvalue weighted by Crippen LogP contribution is 2.21. The number of ketones is 1. The highest BCUT2D eigenvalue weighted by atomic mass is 19.4. The van der Waals surface area contributed by atoms with Gasteiger partial charge in [-0.2, -0.15) is 13.2 Å². The highest BCUT2D eigenvalue weighted by molar-refractivity contribution is 5.97. The van der Waals surface area contributed by atoms with Gasteiger partial charge in [0.2, 0.25) is 5.91 Å². The van der Waals surface area contributed by atoms with Gasteiger partial charge in [0, 0.05) is 18.4 Å². The third-order valence-corrected chi connectivity index (χ3v) is 5.78. The molecule has 1 aliphatic heterocycles. The van der Waals surface area contributed by atoms with Crippen molar-refractivity contribution in [3.05, 3.63) is 36.1 Å². The van der Waals surface area contributed by atoms with Crippen molar-refractivity contribution in [2.45, 2.75) is 63.3 Å². The number of alkyl halides is 3. The molecule has 1 saturated heterocycles. The normalized spacial score (nSPS) is 16.8. The number of hydrogen-bond donors (Lipinski definition) is 4. The van der Waals surface area contributed by atoms with Crippen LogP contribution in [0.3, 0.4) is 0 Å². The molecular weight excluding hydrogens is 517 g/mol. The molecule has 0 spiro atoms. The molecule has 3 rings (SSSR count). The van der Waals surface area contributed by atoms with Gasteiger partial charge >= 0.3 is 24.1 Å². The number of benzene rings is 1. The van der Waals surface area contributed by atoms with Crippen molar-refractivity contribution in [3.63, 3.8) is 0 Å². The Labute approximate surface area is 214 Å². The number of furan rings is 1. The Morgan fingerprint density at radius 1 is 1.13 bits per heavy atom. The van der Waals surface area contributed by atoms with E-state index in [1.54, 1.807) is 12.1 Å². The van der Waals surface area contributed by atoms with Gasteiger partial charge in [-0.3, -0.25) is 19.7 Å². The molecule has 1 aromatic heterocycles. The number of Topliss-reactive ketones (excluding diaryl/α,β-unsaturated/α-hetero) is 1. The van der Waals surface area contributed by atoms with Crippen LogP contribution in [0.15, 0.2) is 34.7 Å². The topological polar surface area (TPSA) is 174 Å². The smallest absolute Gasteiger partial charge is 0.480 e. The van der Waals surface area contributed by atoms with Crippen molar-refractivity contribution in [1.29, 1.82) is 0 Å². The fourth-order valence-corrected chi connectivity index (χ4v) is 3.90. The van der Waals surface area contributed by atoms with Gasteiger partial charge in [-0.15, -0.1) is 0 Å². The predicted octanol–water partition coefficient (Wildman–Crippen LogP) is 2.93. The van der Waals surface area contributed by atoms with Crippen molar-refractivity contribution in [3.8, 4) is 0 Å². The summed E-state index contributed by atoms with van der Waals surface area (Å²) in [5.74, 6) is -5.37. The van der Waals surface area contributed by atoms with Crippen LogP contribution in [0.25, 0.3) is 11.0 Å². The van der Waals surface area contributed by atoms with Gasteiger partial charge in [0.15, 0.2) is 11.5 Å². The van der Waals surface area contributed by atoms with Crippen molar-refractivity contribution >= 4 is 40.6 Å². The minimum absolute atomic E-state index is 0.112. The molecule has 38 heavy (non-hydrogen) atoms. The lowest BCUT2D eigenvalue weighted by atomic mass is 10.1. The minimum atomic E-state index is -5.08. The molecule has 1 unspecified atom stereocenters. The second kappa shape index (κ2) is 13.0. The van der Waals surface area contributed by atoms with E-state index in [0.29, 0.717) is 31.4 Å². The molecule has 0 saturated carbocycles. The van der Waals surface area contributed by atoms with E-state index in [4.69, 9.17) is 14.3 Å². The molecule has 208 valence electrons. The molecule has 14 heteroatoms. The Bertz CT molecular complexity index is 1150. The lowest BCUT2D eigenvalue weighted by molar-refractivity contribution is -0.192. The Hall–Kier alpha value is -3.94. The zero-order chi connectivity index (χ0) is 28.6. The number of halogens is 3. The number of hydrogen-bond acceptors (Lipinski definition) is 7. The maximum atomic E-state index is 12.6. The van der Waals surface area contributed by atoms with E-state index in [2.05, 4.69) is 5.32 Å². The van der Waals surface area contributed by atoms with Crippen LogP contribution >= 0.6 is 0 Å². The van der Waals surface area contributed by atoms with Crippen LogP contribution < -0.4 is 5.32 Å². The molecule has 1 aliphatic rings. The molecular formula is C24H27F3N2O9. The summed E-state index contributed by atoms with van der Waals surface area (Å²) in [6.07, 6.45) is -3.55. The van der Waals surface area contributed by atoms with Crippen molar-refractivity contribution in [1.82, 2.24) is 10.2 Å². The number of aliphatic carboxylic acids is 3. The molecule has 11 nitrogen and oxygen atoms in total. The molecule has 4 N–H and O–H groups in total. The number of fused-ring (bicyclic) bond motifs is 1. The first-order chi connectivity index (χ1) is 17.7. The lowest BCUT2D eigenvalue weighted by Crippen LogP contribution is -2.53. The Balaban J connectivity index is 0.000000638. The first-order valence-electron chi connectivity index (χ1n) is 11.6. The SMILES string of the molecule is C[C@H](NC(CCCC(=O)c1cc2ccccc2o1)C(=O)O)C(=O)N1CCC[C@H]1C(=O)O.O=C(O)C(F)(F)F. The maximum Gasteiger partial charge on any atom is 0.490 e. The second-order valence-electron chi connectivity index (χ2n) is 8.57. The Kier molecular flexibility index (Phi) is 10.4. The third-order valence-electron chi connectivity index (χ3n) is 5.78. The zero-order valence-electron chi connectivity index (χ0n) is 20.2. The zero-order valence-corrected chi connectivity index (χ0v) is 20.2. The number of carbonyl (C=O) groups excluding carboxylic acids is 2. The number of amides is 1. The second-order valence-corrected chi connectivity index (χ2v) is 8.57. The number of rotatable bonds is 10. The maximum absolute atomic E-state index is 12.6. The van der Waals surface area contributed by atoms with E-state index in [-0.39, 0.29) is 24.4 Å². The first-order valence-corrected chi connectivity index (χ1v) is 11.6. The molecule has 2 aromatic rings. The summed E-state index contributed by atoms with van der Waals surface area (Å²) in [5.41, 5.74) is 0.616. The number of carboxylic acids is 3. The fourth-order valence-electron chi connectivity index (χ4n) is 3.90. The number of carboxylic acid groups (broad SMARTS) is 3. The van der Waals surface area contributed by atoms with E-state index >= 15 is 0 Å². The average molecular weight is 544 g/mol. The van der Waals surface area contributed by atoms with Crippen molar-refractivity contribution in [2.24, 2.45) is 0 Å². The summed E-state index contributed by atoms with van der Waals surface area (Å²) in [6.45, 7) is 1.86. The number of carbonyl (C=O) groups is 5. The van der Waals surface area contributed by atoms with Gasteiger partial charge < -0.3 is 24.6 Å². The summed E-state index contributed by atoms with van der Waals surface area (Å²) in [7, 11) is 0. The van der Waals surface area contributed by atoms with E-state index in [1.165, 1.54) is 11.8 Å². The van der Waals surface area contributed by atoms with Gasteiger partial charge in [0.25, 0.3) is 0 Å². The van der Waals surface area contributed by atoms with Crippen LogP contribution in [0, 0.1) is 0 Å². The Morgan fingerprint density at radius 2 is 1.76 bits per heavy atom. The summed E-state index contributed by atoms with van der Waals surface area (Å²) in [4.78, 5) is 58.1. The van der Waals surface area contributed by atoms with E-state index in [9.17, 15) is 42.6 Å². The standard InChI is InChI=1S/C22H26N2O7.C2HF3O2/c1-13(20(26)24-11-5-8-16(24)22(29)30)23-15(21(27)28)7-4-9-17(25)19-12-14-6-2-3-10-18(14)31-19;3-2(4,5)1(6)7/h2-3,6,10,12-13,15-16,23H,4-5,7-9,11H2,1H3,(H,27,28)(H,29,30);(H,6,7)/t13-,15?,16-;/m0./s1. The third kappa shape index (κ3) is 8.30. The average Bonchev–Trinajstić information content (AvgIpc) is 3.50. The fraction of sp³-hybridized carbons (Fsp3) is 0.458. The number of para-hydroxylation sites is 1. The number of nitrogens with zero attached hydrogens (tertiary/aromatic N) is 1. The van der Waals surface area contributed by atoms with Crippen LogP contribution in [0.5, 0.6) is 0 Å². The van der Waals surface area contributed by atoms with Crippen LogP contribution in [0.4, 0.5) is 13.2 Å². The molecule has 0 aliphatic carbocycles. The molecule has 0 radical (unpaired) electrons. The summed E-state index contributed by atoms with van der Waals surface area (Å²) >= 11 is 0. The molecule has 0 bridgehead atoms. The van der Waals surface area contributed by atoms with Gasteiger partial charge in [-0.1, -0.05) is 18.2 Å². The van der Waals surface area contributed by atoms with Crippen LogP contribution in [-0.4, -0.2) is 80.7 Å². The predicted molar refractivity (Wildman–Crippen MR) is 124 cm³/mol. The van der Waals surface area contributed by atoms with Gasteiger partial charge in [-0.25, -0.2) is 9.59 Å². The van der Waals surface area contributed by atoms with Crippen LogP contribution in [0.2, 0.25) is 0 Å². The summed E-state index contributed by atoms with van der Waals surface area (Å²) in [6, 6.07) is 6.17. The largest absolute Gasteiger partial charge is 0.490 e. The minimum Gasteiger partial charge on any atom is -0.480 e. The van der Waals surface area contributed by atoms with Gasteiger partial charge in [-0.05, 0) is 44.7 Å². The first kappa shape index (κ1) is 30.3. The van der Waals surface area contributed by atoms with Gasteiger partial charge in [0.05, 0.1) is 6.04 Å². The number of likely N-dealkylation sites (tertiary alicyclic amines) is 1. The summed E-state index contributed by atoms with van der Waals surface area (Å²) in [5, 5.41) is 29.5. The molecule has 1 aromatic carbocycles. The van der Waals surface area contributed by atoms with Crippen molar-refractivity contribution < 1.29 is 56.9 Å². The number of nitrogens with one attached hydrogen (secondary N) is 1. The lowest BCUT2D eigenvalue weighted by Gasteiger charge is -2.27. The van der Waals surface area contributed by atoms with Gasteiger partial charge in [0.1, 0.15) is 17.7 Å². The van der Waals surface area contributed by atoms with E-state index in [1.807, 2.05) is 18.2 Å². The van der Waals surface area contributed by atoms with Crippen molar-refractivity contribution in [2.75, 3.05) is 6.54 Å². The highest BCUT2D eigenvalue weighted by Gasteiger charge is 2.38. The molecule has 1 fully saturated rings. The van der Waals surface area contributed by atoms with E-state index < -0.39 is 48.1 Å². The van der Waals surface area contributed by atoms with Crippen LogP contribution in [0.1, 0.15) is 49.6 Å². The molecule has 2 heterocycles. The quantitative estimate of drug-likeness (QED) is 0.326. The Morgan fingerprint density at radius 3 is 2.32 bits per heavy atom. The van der Waals surface area contributed by atoms with E-state index in [0.717, 1.165) is 5.39 Å².